The molecule has 0 fully saturated rings. The Hall–Kier alpha value is -2.32. The molecule has 1 aromatic carbocycles. The van der Waals surface area contributed by atoms with E-state index in [0.717, 1.165) is 16.3 Å². The molecule has 0 saturated heterocycles. The van der Waals surface area contributed by atoms with Crippen LogP contribution in [0.2, 0.25) is 0 Å². The van der Waals surface area contributed by atoms with Crippen molar-refractivity contribution < 1.29 is 4.39 Å². The van der Waals surface area contributed by atoms with Crippen LogP contribution in [0.5, 0.6) is 0 Å². The molecule has 3 aromatic heterocycles. The zero-order chi connectivity index (χ0) is 15.6. The average molecular weight is 343 g/mol. The van der Waals surface area contributed by atoms with Crippen LogP contribution in [0.15, 0.2) is 53.3 Å². The van der Waals surface area contributed by atoms with Crippen molar-refractivity contribution in [1.29, 1.82) is 0 Å². The summed E-state index contributed by atoms with van der Waals surface area (Å²) in [6.07, 6.45) is 3.50. The highest BCUT2D eigenvalue weighted by Crippen LogP contribution is 2.27. The summed E-state index contributed by atoms with van der Waals surface area (Å²) in [5, 5.41) is 7.89. The van der Waals surface area contributed by atoms with E-state index in [0.29, 0.717) is 16.7 Å². The molecule has 0 atom stereocenters. The van der Waals surface area contributed by atoms with E-state index in [1.807, 2.05) is 17.6 Å². The van der Waals surface area contributed by atoms with Gasteiger partial charge in [0.2, 0.25) is 5.16 Å². The van der Waals surface area contributed by atoms with Crippen LogP contribution in [0.1, 0.15) is 5.69 Å². The molecule has 5 nitrogen and oxygen atoms in total. The van der Waals surface area contributed by atoms with Crippen LogP contribution in [-0.4, -0.2) is 24.6 Å². The topological polar surface area (TPSA) is 56.0 Å². The van der Waals surface area contributed by atoms with Gasteiger partial charge in [0.15, 0.2) is 0 Å². The molecule has 0 radical (unpaired) electrons. The van der Waals surface area contributed by atoms with Crippen molar-refractivity contribution in [3.63, 3.8) is 0 Å². The summed E-state index contributed by atoms with van der Waals surface area (Å²) in [5.41, 5.74) is 1.87. The van der Waals surface area contributed by atoms with Gasteiger partial charge in [-0.1, -0.05) is 11.8 Å². The Morgan fingerprint density at radius 2 is 2.04 bits per heavy atom. The van der Waals surface area contributed by atoms with Crippen LogP contribution >= 0.6 is 23.1 Å². The van der Waals surface area contributed by atoms with Gasteiger partial charge in [-0.25, -0.2) is 18.9 Å². The molecular formula is C15H10FN5S2. The molecule has 0 bridgehead atoms. The molecule has 4 rings (SSSR count). The molecule has 114 valence electrons. The summed E-state index contributed by atoms with van der Waals surface area (Å²) in [7, 11) is 0. The Labute approximate surface area is 139 Å². The zero-order valence-electron chi connectivity index (χ0n) is 11.8. The van der Waals surface area contributed by atoms with Crippen molar-refractivity contribution in [3.05, 3.63) is 59.6 Å². The predicted molar refractivity (Wildman–Crippen MR) is 87.9 cm³/mol. The zero-order valence-corrected chi connectivity index (χ0v) is 13.4. The lowest BCUT2D eigenvalue weighted by Gasteiger charge is -1.95. The van der Waals surface area contributed by atoms with Crippen molar-refractivity contribution >= 4 is 28.9 Å². The molecular weight excluding hydrogens is 333 g/mol. The second-order valence-electron chi connectivity index (χ2n) is 4.70. The van der Waals surface area contributed by atoms with Gasteiger partial charge in [-0.05, 0) is 30.3 Å². The maximum atomic E-state index is 13.0. The average Bonchev–Trinajstić information content (AvgIpc) is 3.20. The molecule has 4 aromatic rings. The Kier molecular flexibility index (Phi) is 3.76. The van der Waals surface area contributed by atoms with E-state index < -0.39 is 0 Å². The van der Waals surface area contributed by atoms with Crippen LogP contribution in [0.4, 0.5) is 4.39 Å². The molecule has 0 aliphatic carbocycles. The molecule has 23 heavy (non-hydrogen) atoms. The first-order valence-corrected chi connectivity index (χ1v) is 8.65. The Bertz CT molecular complexity index is 915. The van der Waals surface area contributed by atoms with Gasteiger partial charge in [-0.15, -0.1) is 16.4 Å². The quantitative estimate of drug-likeness (QED) is 0.529. The third-order valence-electron chi connectivity index (χ3n) is 3.09. The highest BCUT2D eigenvalue weighted by atomic mass is 32.2. The van der Waals surface area contributed by atoms with Crippen LogP contribution in [0, 0.1) is 5.82 Å². The first kappa shape index (κ1) is 14.3. The molecule has 0 N–H and O–H groups in total. The van der Waals surface area contributed by atoms with E-state index in [1.54, 1.807) is 34.2 Å². The SMILES string of the molecule is Fc1ccc(-c2nc(CSc3nc4ncccn4n3)cs2)cc1. The highest BCUT2D eigenvalue weighted by molar-refractivity contribution is 7.98. The number of thioether (sulfide) groups is 1. The fourth-order valence-corrected chi connectivity index (χ4v) is 3.66. The molecule has 8 heteroatoms. The molecule has 3 heterocycles. The normalized spacial score (nSPS) is 11.2. The number of benzene rings is 1. The lowest BCUT2D eigenvalue weighted by molar-refractivity contribution is 0.628. The Balaban J connectivity index is 1.48. The fraction of sp³-hybridized carbons (Fsp3) is 0.0667. The van der Waals surface area contributed by atoms with Gasteiger partial charge in [0.05, 0.1) is 5.69 Å². The summed E-state index contributed by atoms with van der Waals surface area (Å²) in [6.45, 7) is 0. The van der Waals surface area contributed by atoms with Gasteiger partial charge in [0.1, 0.15) is 10.8 Å². The lowest BCUT2D eigenvalue weighted by Crippen LogP contribution is -1.87. The van der Waals surface area contributed by atoms with Gasteiger partial charge in [-0.2, -0.15) is 4.98 Å². The first-order valence-electron chi connectivity index (χ1n) is 6.78. The molecule has 0 unspecified atom stereocenters. The van der Waals surface area contributed by atoms with Gasteiger partial charge in [0.25, 0.3) is 5.78 Å². The number of rotatable bonds is 4. The molecule has 0 aliphatic rings. The molecule has 0 spiro atoms. The van der Waals surface area contributed by atoms with E-state index in [1.165, 1.54) is 23.9 Å². The van der Waals surface area contributed by atoms with Crippen molar-refractivity contribution in [3.8, 4) is 10.6 Å². The standard InChI is InChI=1S/C15H10FN5S2/c16-11-4-2-10(3-5-11)13-18-12(8-22-13)9-23-15-19-14-17-6-1-7-21(14)20-15/h1-8H,9H2. The van der Waals surface area contributed by atoms with Gasteiger partial charge >= 0.3 is 0 Å². The van der Waals surface area contributed by atoms with Crippen LogP contribution in [0.3, 0.4) is 0 Å². The Morgan fingerprint density at radius 1 is 1.17 bits per heavy atom. The minimum absolute atomic E-state index is 0.243. The minimum Gasteiger partial charge on any atom is -0.240 e. The van der Waals surface area contributed by atoms with Crippen LogP contribution in [0.25, 0.3) is 16.3 Å². The number of thiazole rings is 1. The van der Waals surface area contributed by atoms with Crippen molar-refractivity contribution in [2.24, 2.45) is 0 Å². The maximum absolute atomic E-state index is 13.0. The third kappa shape index (κ3) is 3.08. The number of aromatic nitrogens is 5. The Morgan fingerprint density at radius 3 is 2.87 bits per heavy atom. The van der Waals surface area contributed by atoms with Gasteiger partial charge in [0, 0.05) is 29.1 Å². The number of halogens is 1. The summed E-state index contributed by atoms with van der Waals surface area (Å²) in [4.78, 5) is 13.1. The fourth-order valence-electron chi connectivity index (χ4n) is 2.01. The van der Waals surface area contributed by atoms with Crippen LogP contribution in [-0.2, 0) is 5.75 Å². The smallest absolute Gasteiger partial charge is 0.240 e. The monoisotopic (exact) mass is 343 g/mol. The largest absolute Gasteiger partial charge is 0.253 e. The van der Waals surface area contributed by atoms with Crippen LogP contribution < -0.4 is 0 Å². The number of fused-ring (bicyclic) bond motifs is 1. The highest BCUT2D eigenvalue weighted by Gasteiger charge is 2.08. The summed E-state index contributed by atoms with van der Waals surface area (Å²) in [6, 6.07) is 8.17. The predicted octanol–water partition coefficient (Wildman–Crippen LogP) is 3.68. The molecule has 0 saturated carbocycles. The van der Waals surface area contributed by atoms with E-state index in [9.17, 15) is 4.39 Å². The van der Waals surface area contributed by atoms with Crippen molar-refractivity contribution in [1.82, 2.24) is 24.6 Å². The minimum atomic E-state index is -0.243. The number of hydrogen-bond donors (Lipinski definition) is 0. The molecule has 0 aliphatic heterocycles. The summed E-state index contributed by atoms with van der Waals surface area (Å²) in [5.74, 6) is 1.02. The second-order valence-corrected chi connectivity index (χ2v) is 6.50. The third-order valence-corrected chi connectivity index (χ3v) is 4.90. The van der Waals surface area contributed by atoms with E-state index in [2.05, 4.69) is 20.1 Å². The van der Waals surface area contributed by atoms with Crippen molar-refractivity contribution in [2.45, 2.75) is 10.9 Å². The summed E-state index contributed by atoms with van der Waals surface area (Å²) < 4.78 is 14.6. The maximum Gasteiger partial charge on any atom is 0.253 e. The van der Waals surface area contributed by atoms with E-state index in [-0.39, 0.29) is 5.82 Å². The second kappa shape index (κ2) is 6.05. The van der Waals surface area contributed by atoms with E-state index >= 15 is 0 Å². The van der Waals surface area contributed by atoms with Gasteiger partial charge < -0.3 is 0 Å². The first-order chi connectivity index (χ1) is 11.3. The van der Waals surface area contributed by atoms with E-state index in [4.69, 9.17) is 0 Å². The van der Waals surface area contributed by atoms with Gasteiger partial charge in [-0.3, -0.25) is 0 Å². The number of hydrogen-bond acceptors (Lipinski definition) is 6. The lowest BCUT2D eigenvalue weighted by atomic mass is 10.2. The number of nitrogens with zero attached hydrogens (tertiary/aromatic N) is 5. The van der Waals surface area contributed by atoms with Crippen molar-refractivity contribution in [2.75, 3.05) is 0 Å². The summed E-state index contributed by atoms with van der Waals surface area (Å²) >= 11 is 3.05. The molecule has 0 amide bonds.